The monoisotopic (exact) mass is 370 g/mol. The molecule has 0 aliphatic carbocycles. The van der Waals surface area contributed by atoms with Crippen LogP contribution in [0.3, 0.4) is 0 Å². The Morgan fingerprint density at radius 3 is 2.41 bits per heavy atom. The molecule has 2 aromatic rings. The second-order valence-corrected chi connectivity index (χ2v) is 6.08. The van der Waals surface area contributed by atoms with E-state index in [4.69, 9.17) is 4.74 Å². The second kappa shape index (κ2) is 10.3. The minimum Gasteiger partial charge on any atom is -0.497 e. The molecule has 0 heterocycles. The van der Waals surface area contributed by atoms with Crippen molar-refractivity contribution < 1.29 is 24.4 Å². The molecular formula is C19H23BN2O5. The molecule has 4 N–H and O–H groups in total. The van der Waals surface area contributed by atoms with Crippen LogP contribution in [0.2, 0.25) is 0 Å². The number of amides is 2. The van der Waals surface area contributed by atoms with E-state index >= 15 is 0 Å². The van der Waals surface area contributed by atoms with Crippen molar-refractivity contribution in [3.63, 3.8) is 0 Å². The molecule has 0 radical (unpaired) electrons. The van der Waals surface area contributed by atoms with Crippen molar-refractivity contribution in [2.45, 2.75) is 25.3 Å². The maximum absolute atomic E-state index is 12.1. The SMILES string of the molecule is COc1cccc(CNC(=O)CC(=O)N[C@@H](Cc2ccccc2)B(O)O)c1. The predicted octanol–water partition coefficient (Wildman–Crippen LogP) is 0.441. The van der Waals surface area contributed by atoms with Gasteiger partial charge in [0.2, 0.25) is 11.8 Å². The van der Waals surface area contributed by atoms with Crippen LogP contribution in [-0.2, 0) is 22.6 Å². The van der Waals surface area contributed by atoms with E-state index in [0.29, 0.717) is 5.75 Å². The van der Waals surface area contributed by atoms with E-state index in [0.717, 1.165) is 11.1 Å². The Bertz CT molecular complexity index is 755. The number of carbonyl (C=O) groups is 2. The van der Waals surface area contributed by atoms with E-state index in [9.17, 15) is 19.6 Å². The van der Waals surface area contributed by atoms with Gasteiger partial charge in [0.05, 0.1) is 13.1 Å². The predicted molar refractivity (Wildman–Crippen MR) is 102 cm³/mol. The normalized spacial score (nSPS) is 11.4. The van der Waals surface area contributed by atoms with E-state index in [1.807, 2.05) is 42.5 Å². The van der Waals surface area contributed by atoms with Gasteiger partial charge in [0.25, 0.3) is 0 Å². The van der Waals surface area contributed by atoms with Crippen molar-refractivity contribution in [2.75, 3.05) is 7.11 Å². The number of hydrogen-bond acceptors (Lipinski definition) is 5. The summed E-state index contributed by atoms with van der Waals surface area (Å²) in [4.78, 5) is 24.0. The molecule has 2 rings (SSSR count). The molecule has 0 unspecified atom stereocenters. The summed E-state index contributed by atoms with van der Waals surface area (Å²) < 4.78 is 5.12. The molecule has 0 aliphatic heterocycles. The zero-order valence-electron chi connectivity index (χ0n) is 15.1. The summed E-state index contributed by atoms with van der Waals surface area (Å²) in [7, 11) is -0.169. The van der Waals surface area contributed by atoms with Gasteiger partial charge < -0.3 is 25.4 Å². The van der Waals surface area contributed by atoms with Crippen molar-refractivity contribution >= 4 is 18.9 Å². The Morgan fingerprint density at radius 1 is 1.04 bits per heavy atom. The minimum absolute atomic E-state index is 0.246. The molecule has 8 heteroatoms. The Labute approximate surface area is 158 Å². The fourth-order valence-electron chi connectivity index (χ4n) is 2.55. The summed E-state index contributed by atoms with van der Waals surface area (Å²) >= 11 is 0. The molecule has 0 fully saturated rings. The van der Waals surface area contributed by atoms with Crippen LogP contribution in [-0.4, -0.2) is 42.0 Å². The largest absolute Gasteiger partial charge is 0.497 e. The Kier molecular flexibility index (Phi) is 7.85. The first kappa shape index (κ1) is 20.5. The lowest BCUT2D eigenvalue weighted by molar-refractivity contribution is -0.129. The van der Waals surface area contributed by atoms with Crippen LogP contribution in [0.5, 0.6) is 5.75 Å². The number of nitrogens with one attached hydrogen (secondary N) is 2. The third-order valence-corrected chi connectivity index (χ3v) is 3.95. The molecule has 2 amide bonds. The molecule has 0 aromatic heterocycles. The minimum atomic E-state index is -1.73. The summed E-state index contributed by atoms with van der Waals surface area (Å²) in [6.07, 6.45) is -0.155. The van der Waals surface area contributed by atoms with Gasteiger partial charge in [-0.05, 0) is 29.7 Å². The van der Waals surface area contributed by atoms with Crippen molar-refractivity contribution in [1.82, 2.24) is 10.6 Å². The zero-order chi connectivity index (χ0) is 19.6. The van der Waals surface area contributed by atoms with Gasteiger partial charge in [-0.15, -0.1) is 0 Å². The molecule has 142 valence electrons. The molecule has 27 heavy (non-hydrogen) atoms. The molecule has 0 saturated carbocycles. The molecule has 1 atom stereocenters. The van der Waals surface area contributed by atoms with Crippen LogP contribution in [0.15, 0.2) is 54.6 Å². The van der Waals surface area contributed by atoms with E-state index < -0.39 is 31.3 Å². The lowest BCUT2D eigenvalue weighted by Crippen LogP contribution is -2.48. The first-order valence-electron chi connectivity index (χ1n) is 8.57. The number of carbonyl (C=O) groups excluding carboxylic acids is 2. The van der Waals surface area contributed by atoms with Crippen LogP contribution in [0.25, 0.3) is 0 Å². The maximum atomic E-state index is 12.1. The number of ether oxygens (including phenoxy) is 1. The second-order valence-electron chi connectivity index (χ2n) is 6.08. The number of methoxy groups -OCH3 is 1. The topological polar surface area (TPSA) is 108 Å². The van der Waals surface area contributed by atoms with E-state index in [1.165, 1.54) is 0 Å². The maximum Gasteiger partial charge on any atom is 0.475 e. The number of benzene rings is 2. The zero-order valence-corrected chi connectivity index (χ0v) is 15.1. The number of rotatable bonds is 9. The van der Waals surface area contributed by atoms with Crippen molar-refractivity contribution in [3.05, 3.63) is 65.7 Å². The highest BCUT2D eigenvalue weighted by atomic mass is 16.5. The van der Waals surface area contributed by atoms with E-state index in [1.54, 1.807) is 19.2 Å². The Morgan fingerprint density at radius 2 is 1.74 bits per heavy atom. The summed E-state index contributed by atoms with van der Waals surface area (Å²) in [6, 6.07) is 16.4. The van der Waals surface area contributed by atoms with Gasteiger partial charge in [0, 0.05) is 6.54 Å². The molecule has 0 bridgehead atoms. The van der Waals surface area contributed by atoms with Crippen LogP contribution >= 0.6 is 0 Å². The molecule has 2 aromatic carbocycles. The van der Waals surface area contributed by atoms with Crippen LogP contribution in [0, 0.1) is 0 Å². The summed E-state index contributed by atoms with van der Waals surface area (Å²) in [5, 5.41) is 24.1. The quantitative estimate of drug-likeness (QED) is 0.379. The first-order valence-corrected chi connectivity index (χ1v) is 8.57. The fraction of sp³-hybridized carbons (Fsp3) is 0.263. The highest BCUT2D eigenvalue weighted by molar-refractivity contribution is 6.43. The molecule has 0 saturated heterocycles. The molecular weight excluding hydrogens is 347 g/mol. The number of hydrogen-bond donors (Lipinski definition) is 4. The molecule has 7 nitrogen and oxygen atoms in total. The summed E-state index contributed by atoms with van der Waals surface area (Å²) in [5.41, 5.74) is 1.69. The first-order chi connectivity index (χ1) is 13.0. The summed E-state index contributed by atoms with van der Waals surface area (Å²) in [5.74, 6) is -1.25. The average molecular weight is 370 g/mol. The van der Waals surface area contributed by atoms with Gasteiger partial charge in [-0.1, -0.05) is 42.5 Å². The van der Waals surface area contributed by atoms with Gasteiger partial charge in [0.1, 0.15) is 12.2 Å². The van der Waals surface area contributed by atoms with E-state index in [-0.39, 0.29) is 13.0 Å². The fourth-order valence-corrected chi connectivity index (χ4v) is 2.55. The lowest BCUT2D eigenvalue weighted by Gasteiger charge is -2.18. The van der Waals surface area contributed by atoms with Gasteiger partial charge in [-0.3, -0.25) is 9.59 Å². The van der Waals surface area contributed by atoms with Crippen molar-refractivity contribution in [3.8, 4) is 5.75 Å². The van der Waals surface area contributed by atoms with Crippen LogP contribution in [0.1, 0.15) is 17.5 Å². The smallest absolute Gasteiger partial charge is 0.475 e. The van der Waals surface area contributed by atoms with Crippen LogP contribution < -0.4 is 15.4 Å². The third kappa shape index (κ3) is 7.12. The molecule has 0 aliphatic rings. The van der Waals surface area contributed by atoms with Crippen LogP contribution in [0.4, 0.5) is 0 Å². The lowest BCUT2D eigenvalue weighted by atomic mass is 9.76. The van der Waals surface area contributed by atoms with Gasteiger partial charge >= 0.3 is 7.12 Å². The summed E-state index contributed by atoms with van der Waals surface area (Å²) in [6.45, 7) is 0.263. The van der Waals surface area contributed by atoms with Gasteiger partial charge in [-0.25, -0.2) is 0 Å². The Hall–Kier alpha value is -2.84. The van der Waals surface area contributed by atoms with Crippen molar-refractivity contribution in [2.24, 2.45) is 0 Å². The average Bonchev–Trinajstić information content (AvgIpc) is 2.66. The Balaban J connectivity index is 1.82. The van der Waals surface area contributed by atoms with Gasteiger partial charge in [-0.2, -0.15) is 0 Å². The highest BCUT2D eigenvalue weighted by Gasteiger charge is 2.26. The third-order valence-electron chi connectivity index (χ3n) is 3.95. The van der Waals surface area contributed by atoms with Gasteiger partial charge in [0.15, 0.2) is 0 Å². The molecule has 0 spiro atoms. The highest BCUT2D eigenvalue weighted by Crippen LogP contribution is 2.12. The van der Waals surface area contributed by atoms with Crippen molar-refractivity contribution in [1.29, 1.82) is 0 Å². The standard InChI is InChI=1S/C19H23BN2O5/c1-27-16-9-5-8-15(10-16)13-21-18(23)12-19(24)22-17(20(25)26)11-14-6-3-2-4-7-14/h2-10,17,25-26H,11-13H2,1H3,(H,21,23)(H,22,24)/t17-/m0/s1. The van der Waals surface area contributed by atoms with E-state index in [2.05, 4.69) is 10.6 Å².